The average Bonchev–Trinajstić information content (AvgIpc) is 2.81. The Bertz CT molecular complexity index is 554. The highest BCUT2D eigenvalue weighted by Crippen LogP contribution is 2.15. The quantitative estimate of drug-likeness (QED) is 0.832. The third kappa shape index (κ3) is 5.25. The van der Waals surface area contributed by atoms with Crippen molar-refractivity contribution in [1.29, 1.82) is 0 Å². The van der Waals surface area contributed by atoms with Crippen LogP contribution >= 0.6 is 0 Å². The zero-order chi connectivity index (χ0) is 17.5. The third-order valence-electron chi connectivity index (χ3n) is 4.15. The van der Waals surface area contributed by atoms with Crippen LogP contribution < -0.4 is 4.74 Å². The Hall–Kier alpha value is -2.04. The fourth-order valence-corrected chi connectivity index (χ4v) is 2.88. The van der Waals surface area contributed by atoms with Gasteiger partial charge in [0.25, 0.3) is 0 Å². The maximum atomic E-state index is 12.5. The number of nitrogens with zero attached hydrogens (tertiary/aromatic N) is 2. The molecule has 1 heterocycles. The molecule has 0 radical (unpaired) electrons. The second-order valence-corrected chi connectivity index (χ2v) is 6.46. The molecule has 1 aliphatic rings. The Kier molecular flexibility index (Phi) is 6.64. The second kappa shape index (κ2) is 8.71. The summed E-state index contributed by atoms with van der Waals surface area (Å²) in [6.07, 6.45) is 1.91. The number of hydrogen-bond acceptors (Lipinski definition) is 3. The summed E-state index contributed by atoms with van der Waals surface area (Å²) >= 11 is 0. The highest BCUT2D eigenvalue weighted by molar-refractivity contribution is 5.79. The summed E-state index contributed by atoms with van der Waals surface area (Å²) in [7, 11) is 0. The SMILES string of the molecule is CCC(=O)N1CCCN(C(=O)Cc2ccc(OC(C)C)cc2)CC1. The normalized spacial score (nSPS) is 15.3. The van der Waals surface area contributed by atoms with Gasteiger partial charge in [0.05, 0.1) is 12.5 Å². The van der Waals surface area contributed by atoms with Crippen LogP contribution in [0.15, 0.2) is 24.3 Å². The highest BCUT2D eigenvalue weighted by Gasteiger charge is 2.21. The van der Waals surface area contributed by atoms with Crippen molar-refractivity contribution in [3.05, 3.63) is 29.8 Å². The Labute approximate surface area is 144 Å². The van der Waals surface area contributed by atoms with Crippen molar-refractivity contribution in [2.24, 2.45) is 0 Å². The van der Waals surface area contributed by atoms with Crippen molar-refractivity contribution in [1.82, 2.24) is 9.80 Å². The van der Waals surface area contributed by atoms with Gasteiger partial charge in [-0.05, 0) is 38.0 Å². The standard InChI is InChI=1S/C19H28N2O3/c1-4-18(22)20-10-5-11-21(13-12-20)19(23)14-16-6-8-17(9-7-16)24-15(2)3/h6-9,15H,4-5,10-14H2,1-3H3. The molecule has 1 aromatic carbocycles. The van der Waals surface area contributed by atoms with Gasteiger partial charge >= 0.3 is 0 Å². The predicted octanol–water partition coefficient (Wildman–Crippen LogP) is 2.49. The summed E-state index contributed by atoms with van der Waals surface area (Å²) in [5, 5.41) is 0. The van der Waals surface area contributed by atoms with Gasteiger partial charge in [0.2, 0.25) is 11.8 Å². The first-order valence-electron chi connectivity index (χ1n) is 8.80. The Morgan fingerprint density at radius 3 is 2.12 bits per heavy atom. The molecule has 132 valence electrons. The summed E-state index contributed by atoms with van der Waals surface area (Å²) in [5.74, 6) is 1.12. The summed E-state index contributed by atoms with van der Waals surface area (Å²) in [4.78, 5) is 28.1. The molecule has 5 heteroatoms. The average molecular weight is 332 g/mol. The predicted molar refractivity (Wildman–Crippen MR) is 94.0 cm³/mol. The van der Waals surface area contributed by atoms with Crippen LogP contribution in [-0.4, -0.2) is 53.9 Å². The maximum absolute atomic E-state index is 12.5. The molecule has 24 heavy (non-hydrogen) atoms. The Morgan fingerprint density at radius 2 is 1.58 bits per heavy atom. The summed E-state index contributed by atoms with van der Waals surface area (Å²) in [6.45, 7) is 8.59. The van der Waals surface area contributed by atoms with E-state index in [-0.39, 0.29) is 17.9 Å². The van der Waals surface area contributed by atoms with Crippen molar-refractivity contribution in [3.8, 4) is 5.75 Å². The number of amides is 2. The van der Waals surface area contributed by atoms with Gasteiger partial charge in [-0.3, -0.25) is 9.59 Å². The van der Waals surface area contributed by atoms with Crippen LogP contribution in [0.5, 0.6) is 5.75 Å². The Balaban J connectivity index is 1.89. The molecule has 2 amide bonds. The number of rotatable bonds is 5. The first-order chi connectivity index (χ1) is 11.5. The van der Waals surface area contributed by atoms with E-state index in [0.29, 0.717) is 25.9 Å². The van der Waals surface area contributed by atoms with Crippen molar-refractivity contribution in [3.63, 3.8) is 0 Å². The maximum Gasteiger partial charge on any atom is 0.227 e. The summed E-state index contributed by atoms with van der Waals surface area (Å²) in [6, 6.07) is 7.71. The van der Waals surface area contributed by atoms with Gasteiger partial charge in [-0.25, -0.2) is 0 Å². The number of benzene rings is 1. The van der Waals surface area contributed by atoms with Crippen LogP contribution in [0.4, 0.5) is 0 Å². The van der Waals surface area contributed by atoms with Crippen LogP contribution in [0, 0.1) is 0 Å². The zero-order valence-electron chi connectivity index (χ0n) is 15.0. The van der Waals surface area contributed by atoms with Crippen molar-refractivity contribution >= 4 is 11.8 Å². The van der Waals surface area contributed by atoms with E-state index in [0.717, 1.165) is 30.8 Å². The minimum atomic E-state index is 0.123. The zero-order valence-corrected chi connectivity index (χ0v) is 15.0. The van der Waals surface area contributed by atoms with Crippen LogP contribution in [-0.2, 0) is 16.0 Å². The largest absolute Gasteiger partial charge is 0.491 e. The van der Waals surface area contributed by atoms with Crippen molar-refractivity contribution in [2.45, 2.75) is 46.1 Å². The molecule has 0 aromatic heterocycles. The number of carbonyl (C=O) groups is 2. The van der Waals surface area contributed by atoms with Crippen LogP contribution in [0.2, 0.25) is 0 Å². The lowest BCUT2D eigenvalue weighted by Gasteiger charge is -2.22. The van der Waals surface area contributed by atoms with E-state index in [1.165, 1.54) is 0 Å². The summed E-state index contributed by atoms with van der Waals surface area (Å²) in [5.41, 5.74) is 0.988. The minimum absolute atomic E-state index is 0.123. The van der Waals surface area contributed by atoms with E-state index in [2.05, 4.69) is 0 Å². The molecule has 0 spiro atoms. The van der Waals surface area contributed by atoms with E-state index >= 15 is 0 Å². The summed E-state index contributed by atoms with van der Waals surface area (Å²) < 4.78 is 5.62. The van der Waals surface area contributed by atoms with Crippen molar-refractivity contribution in [2.75, 3.05) is 26.2 Å². The molecule has 0 saturated carbocycles. The monoisotopic (exact) mass is 332 g/mol. The molecule has 0 bridgehead atoms. The van der Waals surface area contributed by atoms with Gasteiger partial charge in [-0.1, -0.05) is 19.1 Å². The van der Waals surface area contributed by atoms with E-state index < -0.39 is 0 Å². The van der Waals surface area contributed by atoms with Gasteiger partial charge in [-0.2, -0.15) is 0 Å². The van der Waals surface area contributed by atoms with Gasteiger partial charge in [0.1, 0.15) is 5.75 Å². The topological polar surface area (TPSA) is 49.9 Å². The molecule has 2 rings (SSSR count). The molecule has 0 aliphatic carbocycles. The molecular formula is C19H28N2O3. The third-order valence-corrected chi connectivity index (χ3v) is 4.15. The molecule has 1 saturated heterocycles. The molecule has 0 N–H and O–H groups in total. The molecule has 5 nitrogen and oxygen atoms in total. The van der Waals surface area contributed by atoms with E-state index in [1.54, 1.807) is 0 Å². The lowest BCUT2D eigenvalue weighted by molar-refractivity contribution is -0.133. The van der Waals surface area contributed by atoms with Gasteiger partial charge < -0.3 is 14.5 Å². The molecular weight excluding hydrogens is 304 g/mol. The number of carbonyl (C=O) groups excluding carboxylic acids is 2. The Morgan fingerprint density at radius 1 is 1.00 bits per heavy atom. The van der Waals surface area contributed by atoms with Crippen LogP contribution in [0.3, 0.4) is 0 Å². The van der Waals surface area contributed by atoms with E-state index in [1.807, 2.05) is 54.8 Å². The molecule has 0 atom stereocenters. The van der Waals surface area contributed by atoms with Gasteiger partial charge in [0.15, 0.2) is 0 Å². The molecule has 1 fully saturated rings. The molecule has 0 unspecified atom stereocenters. The number of hydrogen-bond donors (Lipinski definition) is 0. The number of ether oxygens (including phenoxy) is 1. The minimum Gasteiger partial charge on any atom is -0.491 e. The first kappa shape index (κ1) is 18.3. The van der Waals surface area contributed by atoms with Crippen LogP contribution in [0.25, 0.3) is 0 Å². The van der Waals surface area contributed by atoms with Gasteiger partial charge in [-0.15, -0.1) is 0 Å². The molecule has 1 aromatic rings. The smallest absolute Gasteiger partial charge is 0.227 e. The van der Waals surface area contributed by atoms with E-state index in [4.69, 9.17) is 4.74 Å². The highest BCUT2D eigenvalue weighted by atomic mass is 16.5. The van der Waals surface area contributed by atoms with Crippen LogP contribution in [0.1, 0.15) is 39.2 Å². The fraction of sp³-hybridized carbons (Fsp3) is 0.579. The lowest BCUT2D eigenvalue weighted by atomic mass is 10.1. The lowest BCUT2D eigenvalue weighted by Crippen LogP contribution is -2.37. The second-order valence-electron chi connectivity index (χ2n) is 6.46. The van der Waals surface area contributed by atoms with Crippen molar-refractivity contribution < 1.29 is 14.3 Å². The van der Waals surface area contributed by atoms with Gasteiger partial charge in [0, 0.05) is 32.6 Å². The van der Waals surface area contributed by atoms with E-state index in [9.17, 15) is 9.59 Å². The first-order valence-corrected chi connectivity index (χ1v) is 8.80. The molecule has 1 aliphatic heterocycles. The fourth-order valence-electron chi connectivity index (χ4n) is 2.88.